The molecule has 0 aromatic carbocycles. The Labute approximate surface area is 115 Å². The van der Waals surface area contributed by atoms with Crippen LogP contribution in [-0.2, 0) is 19.6 Å². The maximum atomic E-state index is 11.8. The van der Waals surface area contributed by atoms with Crippen LogP contribution in [0.1, 0.15) is 6.42 Å². The molecule has 20 heavy (non-hydrogen) atoms. The first-order valence-electron chi connectivity index (χ1n) is 5.86. The number of amides is 1. The summed E-state index contributed by atoms with van der Waals surface area (Å²) < 4.78 is 26.2. The second-order valence-corrected chi connectivity index (χ2v) is 6.00. The van der Waals surface area contributed by atoms with E-state index in [1.54, 1.807) is 4.90 Å². The Morgan fingerprint density at radius 2 is 2.15 bits per heavy atom. The molecule has 0 atom stereocenters. The first kappa shape index (κ1) is 14.3. The van der Waals surface area contributed by atoms with Crippen LogP contribution in [0.15, 0.2) is 28.3 Å². The molecule has 0 unspecified atom stereocenters. The maximum Gasteiger partial charge on any atom is 0.305 e. The van der Waals surface area contributed by atoms with Crippen molar-refractivity contribution in [3.8, 4) is 0 Å². The first-order chi connectivity index (χ1) is 9.37. The molecule has 0 saturated heterocycles. The van der Waals surface area contributed by atoms with Crippen molar-refractivity contribution in [2.24, 2.45) is 4.40 Å². The topological polar surface area (TPSA) is 116 Å². The molecule has 2 heterocycles. The van der Waals surface area contributed by atoms with Gasteiger partial charge >= 0.3 is 5.97 Å². The van der Waals surface area contributed by atoms with Crippen LogP contribution in [0.5, 0.6) is 0 Å². The lowest BCUT2D eigenvalue weighted by Gasteiger charge is -2.26. The maximum absolute atomic E-state index is 11.8. The molecule has 1 amide bonds. The van der Waals surface area contributed by atoms with Crippen LogP contribution in [0.4, 0.5) is 0 Å². The van der Waals surface area contributed by atoms with E-state index in [1.165, 1.54) is 18.4 Å². The first-order valence-corrected chi connectivity index (χ1v) is 7.47. The zero-order valence-corrected chi connectivity index (χ0v) is 11.3. The molecule has 2 aliphatic heterocycles. The number of carbonyl (C=O) groups is 2. The van der Waals surface area contributed by atoms with E-state index in [2.05, 4.69) is 9.71 Å². The minimum Gasteiger partial charge on any atom is -0.481 e. The molecule has 0 aromatic rings. The number of rotatable bonds is 4. The van der Waals surface area contributed by atoms with Crippen molar-refractivity contribution >= 4 is 27.7 Å². The van der Waals surface area contributed by atoms with E-state index < -0.39 is 21.9 Å². The Balaban J connectivity index is 2.03. The number of nitrogens with one attached hydrogen (secondary N) is 1. The highest BCUT2D eigenvalue weighted by atomic mass is 32.2. The normalized spacial score (nSPS) is 19.7. The predicted molar refractivity (Wildman–Crippen MR) is 70.4 cm³/mol. The zero-order valence-electron chi connectivity index (χ0n) is 10.4. The van der Waals surface area contributed by atoms with Gasteiger partial charge in [0.2, 0.25) is 0 Å². The molecule has 9 heteroatoms. The van der Waals surface area contributed by atoms with Crippen molar-refractivity contribution in [3.05, 3.63) is 23.9 Å². The van der Waals surface area contributed by atoms with Gasteiger partial charge in [-0.1, -0.05) is 0 Å². The van der Waals surface area contributed by atoms with E-state index in [0.29, 0.717) is 5.57 Å². The van der Waals surface area contributed by atoms with Crippen LogP contribution >= 0.6 is 0 Å². The van der Waals surface area contributed by atoms with Gasteiger partial charge in [0.25, 0.3) is 15.9 Å². The van der Waals surface area contributed by atoms with Gasteiger partial charge in [0.15, 0.2) is 0 Å². The Kier molecular flexibility index (Phi) is 3.89. The largest absolute Gasteiger partial charge is 0.481 e. The molecule has 8 nitrogen and oxygen atoms in total. The van der Waals surface area contributed by atoms with Gasteiger partial charge in [-0.15, -0.1) is 4.40 Å². The molecule has 0 aliphatic carbocycles. The molecule has 0 fully saturated rings. The van der Waals surface area contributed by atoms with Crippen LogP contribution in [0.25, 0.3) is 0 Å². The summed E-state index contributed by atoms with van der Waals surface area (Å²) in [5, 5.41) is 11.0. The van der Waals surface area contributed by atoms with Crippen molar-refractivity contribution in [1.29, 1.82) is 0 Å². The monoisotopic (exact) mass is 299 g/mol. The molecule has 0 bridgehead atoms. The lowest BCUT2D eigenvalue weighted by molar-refractivity contribution is -0.136. The summed E-state index contributed by atoms with van der Waals surface area (Å²) in [6.07, 6.45) is 4.25. The fourth-order valence-corrected chi connectivity index (χ4v) is 2.69. The number of amidine groups is 1. The number of hydrogen-bond acceptors (Lipinski definition) is 5. The number of sulfonamides is 1. The summed E-state index contributed by atoms with van der Waals surface area (Å²) in [7, 11) is -3.41. The van der Waals surface area contributed by atoms with Gasteiger partial charge in [0, 0.05) is 19.3 Å². The summed E-state index contributed by atoms with van der Waals surface area (Å²) in [6, 6.07) is 0. The molecule has 2 aliphatic rings. The van der Waals surface area contributed by atoms with Gasteiger partial charge in [0.1, 0.15) is 5.84 Å². The molecule has 0 saturated carbocycles. The number of carboxylic acids is 1. The Morgan fingerprint density at radius 1 is 1.40 bits per heavy atom. The van der Waals surface area contributed by atoms with Crippen LogP contribution in [0, 0.1) is 0 Å². The number of hydrogen-bond donors (Lipinski definition) is 2. The molecule has 0 radical (unpaired) electrons. The Morgan fingerprint density at radius 3 is 2.85 bits per heavy atom. The minimum atomic E-state index is -3.41. The third kappa shape index (κ3) is 3.44. The summed E-state index contributed by atoms with van der Waals surface area (Å²) >= 11 is 0. The van der Waals surface area contributed by atoms with Gasteiger partial charge < -0.3 is 15.3 Å². The molecule has 2 rings (SSSR count). The van der Waals surface area contributed by atoms with Crippen molar-refractivity contribution in [1.82, 2.24) is 10.2 Å². The lowest BCUT2D eigenvalue weighted by atomic mass is 10.2. The van der Waals surface area contributed by atoms with Crippen molar-refractivity contribution < 1.29 is 23.1 Å². The third-order valence-corrected chi connectivity index (χ3v) is 3.87. The Bertz CT molecular complexity index is 632. The number of nitrogens with zero attached hydrogens (tertiary/aromatic N) is 2. The smallest absolute Gasteiger partial charge is 0.305 e. The van der Waals surface area contributed by atoms with Crippen LogP contribution < -0.4 is 5.32 Å². The van der Waals surface area contributed by atoms with Gasteiger partial charge in [-0.2, -0.15) is 0 Å². The van der Waals surface area contributed by atoms with Crippen molar-refractivity contribution in [2.45, 2.75) is 6.42 Å². The second-order valence-electron chi connectivity index (χ2n) is 4.25. The standard InChI is InChI=1S/C11H13N3O5S/c15-10(16)3-4-12-11(17)8-1-2-9-13-20(18,19)6-5-14(9)7-8/h1-2,7H,3-6H2,(H,12,17)(H,15,16). The van der Waals surface area contributed by atoms with Gasteiger partial charge in [0.05, 0.1) is 17.7 Å². The van der Waals surface area contributed by atoms with Gasteiger partial charge in [-0.25, -0.2) is 8.42 Å². The van der Waals surface area contributed by atoms with Crippen LogP contribution in [0.2, 0.25) is 0 Å². The number of aliphatic carboxylic acids is 1. The van der Waals surface area contributed by atoms with Crippen LogP contribution in [-0.4, -0.2) is 55.0 Å². The Hall–Kier alpha value is -2.16. The summed E-state index contributed by atoms with van der Waals surface area (Å²) in [5.74, 6) is -1.23. The molecule has 2 N–H and O–H groups in total. The lowest BCUT2D eigenvalue weighted by Crippen LogP contribution is -2.38. The molecular formula is C11H13N3O5S. The summed E-state index contributed by atoms with van der Waals surface area (Å²) in [6.45, 7) is 0.270. The van der Waals surface area contributed by atoms with Crippen LogP contribution in [0.3, 0.4) is 0 Å². The number of carbonyl (C=O) groups excluding carboxylic acids is 1. The molecule has 108 valence electrons. The van der Waals surface area contributed by atoms with E-state index in [9.17, 15) is 18.0 Å². The highest BCUT2D eigenvalue weighted by molar-refractivity contribution is 7.90. The van der Waals surface area contributed by atoms with Crippen molar-refractivity contribution in [2.75, 3.05) is 18.8 Å². The molecular weight excluding hydrogens is 286 g/mol. The minimum absolute atomic E-state index is 0.0364. The average molecular weight is 299 g/mol. The van der Waals surface area contributed by atoms with Crippen molar-refractivity contribution in [3.63, 3.8) is 0 Å². The highest BCUT2D eigenvalue weighted by Crippen LogP contribution is 2.15. The number of fused-ring (bicyclic) bond motifs is 1. The van der Waals surface area contributed by atoms with E-state index in [4.69, 9.17) is 5.11 Å². The number of carboxylic acid groups (broad SMARTS) is 1. The fourth-order valence-electron chi connectivity index (χ4n) is 1.72. The zero-order chi connectivity index (χ0) is 14.8. The third-order valence-electron chi connectivity index (χ3n) is 2.71. The highest BCUT2D eigenvalue weighted by Gasteiger charge is 2.24. The molecule has 0 aromatic heterocycles. The SMILES string of the molecule is O=C(O)CCNC(=O)C1=CN2CCS(=O)(=O)N=C2C=C1. The van der Waals surface area contributed by atoms with Gasteiger partial charge in [-0.05, 0) is 12.2 Å². The average Bonchev–Trinajstić information content (AvgIpc) is 2.36. The van der Waals surface area contributed by atoms with Gasteiger partial charge in [-0.3, -0.25) is 9.59 Å². The quantitative estimate of drug-likeness (QED) is 0.693. The van der Waals surface area contributed by atoms with E-state index in [1.807, 2.05) is 0 Å². The molecule has 0 spiro atoms. The summed E-state index contributed by atoms with van der Waals surface area (Å²) in [4.78, 5) is 23.7. The van der Waals surface area contributed by atoms with E-state index >= 15 is 0 Å². The predicted octanol–water partition coefficient (Wildman–Crippen LogP) is -0.925. The fraction of sp³-hybridized carbons (Fsp3) is 0.364. The van der Waals surface area contributed by atoms with E-state index in [0.717, 1.165) is 0 Å². The second kappa shape index (κ2) is 5.45. The van der Waals surface area contributed by atoms with E-state index in [-0.39, 0.29) is 31.1 Å². The summed E-state index contributed by atoms with van der Waals surface area (Å²) in [5.41, 5.74) is 0.327.